The maximum absolute atomic E-state index is 13.6. The summed E-state index contributed by atoms with van der Waals surface area (Å²) in [4.78, 5) is 0. The van der Waals surface area contributed by atoms with Crippen LogP contribution in [-0.4, -0.2) is 14.9 Å². The Morgan fingerprint density at radius 3 is 2.63 bits per heavy atom. The molecule has 0 aliphatic heterocycles. The number of aromatic nitrogens is 2. The fourth-order valence-electron chi connectivity index (χ4n) is 2.14. The van der Waals surface area contributed by atoms with Crippen molar-refractivity contribution in [2.75, 3.05) is 0 Å². The van der Waals surface area contributed by atoms with Gasteiger partial charge in [0.05, 0.1) is 12.2 Å². The summed E-state index contributed by atoms with van der Waals surface area (Å²) in [6, 6.07) is 8.35. The quantitative estimate of drug-likeness (QED) is 0.899. The van der Waals surface area contributed by atoms with Crippen LogP contribution in [0.15, 0.2) is 30.3 Å². The molecule has 1 aromatic heterocycles. The van der Waals surface area contributed by atoms with Gasteiger partial charge in [0.15, 0.2) is 0 Å². The predicted molar refractivity (Wildman–Crippen MR) is 72.3 cm³/mol. The van der Waals surface area contributed by atoms with E-state index in [2.05, 4.69) is 5.10 Å². The minimum absolute atomic E-state index is 0.282. The standard InChI is InChI=1S/C15H19FN2O/c1-3-11-9-12(4-2)18(17-11)10-15(19)13-7-5-6-8-14(13)16/h5-9,15,19H,3-4,10H2,1-2H3. The zero-order chi connectivity index (χ0) is 13.8. The fourth-order valence-corrected chi connectivity index (χ4v) is 2.14. The van der Waals surface area contributed by atoms with Gasteiger partial charge in [0, 0.05) is 11.3 Å². The van der Waals surface area contributed by atoms with Gasteiger partial charge in [-0.15, -0.1) is 0 Å². The highest BCUT2D eigenvalue weighted by molar-refractivity contribution is 5.20. The Morgan fingerprint density at radius 1 is 1.26 bits per heavy atom. The van der Waals surface area contributed by atoms with Crippen molar-refractivity contribution in [1.82, 2.24) is 9.78 Å². The van der Waals surface area contributed by atoms with Crippen LogP contribution in [0.25, 0.3) is 0 Å². The number of aliphatic hydroxyl groups excluding tert-OH is 1. The summed E-state index contributed by atoms with van der Waals surface area (Å²) in [5, 5.41) is 14.6. The topological polar surface area (TPSA) is 38.0 Å². The van der Waals surface area contributed by atoms with Gasteiger partial charge in [0.25, 0.3) is 0 Å². The maximum Gasteiger partial charge on any atom is 0.129 e. The number of halogens is 1. The van der Waals surface area contributed by atoms with Gasteiger partial charge in [-0.3, -0.25) is 4.68 Å². The second-order valence-corrected chi connectivity index (χ2v) is 4.55. The summed E-state index contributed by atoms with van der Waals surface area (Å²) in [6.07, 6.45) is 0.823. The Bertz CT molecular complexity index is 551. The second-order valence-electron chi connectivity index (χ2n) is 4.55. The first-order valence-corrected chi connectivity index (χ1v) is 6.63. The molecule has 0 aliphatic carbocycles. The van der Waals surface area contributed by atoms with E-state index in [4.69, 9.17) is 0 Å². The molecule has 1 unspecified atom stereocenters. The van der Waals surface area contributed by atoms with Crippen LogP contribution in [0, 0.1) is 5.82 Å². The summed E-state index contributed by atoms with van der Waals surface area (Å²) in [6.45, 7) is 4.37. The average Bonchev–Trinajstić information content (AvgIpc) is 2.81. The highest BCUT2D eigenvalue weighted by Gasteiger charge is 2.15. The summed E-state index contributed by atoms with van der Waals surface area (Å²) < 4.78 is 15.4. The minimum Gasteiger partial charge on any atom is -0.386 e. The number of rotatable bonds is 5. The third-order valence-corrected chi connectivity index (χ3v) is 3.25. The Labute approximate surface area is 112 Å². The zero-order valence-electron chi connectivity index (χ0n) is 11.3. The van der Waals surface area contributed by atoms with E-state index in [1.807, 2.05) is 19.9 Å². The van der Waals surface area contributed by atoms with Crippen LogP contribution in [0.2, 0.25) is 0 Å². The summed E-state index contributed by atoms with van der Waals surface area (Å²) in [7, 11) is 0. The van der Waals surface area contributed by atoms with Crippen molar-refractivity contribution in [1.29, 1.82) is 0 Å². The first-order valence-electron chi connectivity index (χ1n) is 6.63. The van der Waals surface area contributed by atoms with Crippen LogP contribution in [0.5, 0.6) is 0 Å². The fraction of sp³-hybridized carbons (Fsp3) is 0.400. The van der Waals surface area contributed by atoms with Crippen LogP contribution in [0.4, 0.5) is 4.39 Å². The van der Waals surface area contributed by atoms with Gasteiger partial charge in [0.1, 0.15) is 11.9 Å². The molecule has 102 valence electrons. The van der Waals surface area contributed by atoms with Gasteiger partial charge in [-0.05, 0) is 25.0 Å². The van der Waals surface area contributed by atoms with Crippen molar-refractivity contribution in [2.24, 2.45) is 0 Å². The van der Waals surface area contributed by atoms with E-state index in [1.165, 1.54) is 6.07 Å². The minimum atomic E-state index is -0.879. The highest BCUT2D eigenvalue weighted by Crippen LogP contribution is 2.19. The summed E-state index contributed by atoms with van der Waals surface area (Å²) >= 11 is 0. The lowest BCUT2D eigenvalue weighted by atomic mass is 10.1. The number of aryl methyl sites for hydroxylation is 2. The molecule has 0 radical (unpaired) electrons. The lowest BCUT2D eigenvalue weighted by molar-refractivity contribution is 0.146. The summed E-state index contributed by atoms with van der Waals surface area (Å²) in [5.74, 6) is -0.379. The van der Waals surface area contributed by atoms with Crippen molar-refractivity contribution >= 4 is 0 Å². The van der Waals surface area contributed by atoms with Crippen LogP contribution in [0.1, 0.15) is 36.9 Å². The predicted octanol–water partition coefficient (Wildman–Crippen LogP) is 2.88. The summed E-state index contributed by atoms with van der Waals surface area (Å²) in [5.41, 5.74) is 2.38. The van der Waals surface area contributed by atoms with Gasteiger partial charge in [-0.25, -0.2) is 4.39 Å². The molecule has 0 saturated carbocycles. The molecule has 1 heterocycles. The van der Waals surface area contributed by atoms with E-state index in [0.29, 0.717) is 5.56 Å². The SMILES string of the molecule is CCc1cc(CC)n(CC(O)c2ccccc2F)n1. The Hall–Kier alpha value is -1.68. The molecular formula is C15H19FN2O. The number of hydrogen-bond donors (Lipinski definition) is 1. The third-order valence-electron chi connectivity index (χ3n) is 3.25. The molecule has 1 atom stereocenters. The highest BCUT2D eigenvalue weighted by atomic mass is 19.1. The first-order chi connectivity index (χ1) is 9.15. The van der Waals surface area contributed by atoms with Gasteiger partial charge < -0.3 is 5.11 Å². The number of aliphatic hydroxyl groups is 1. The normalized spacial score (nSPS) is 12.6. The van der Waals surface area contributed by atoms with E-state index in [-0.39, 0.29) is 12.4 Å². The Morgan fingerprint density at radius 2 is 2.00 bits per heavy atom. The molecule has 2 aromatic rings. The monoisotopic (exact) mass is 262 g/mol. The van der Waals surface area contributed by atoms with Gasteiger partial charge in [-0.1, -0.05) is 32.0 Å². The molecule has 19 heavy (non-hydrogen) atoms. The van der Waals surface area contributed by atoms with Crippen molar-refractivity contribution in [3.63, 3.8) is 0 Å². The van der Waals surface area contributed by atoms with Crippen LogP contribution in [-0.2, 0) is 19.4 Å². The molecule has 0 spiro atoms. The van der Waals surface area contributed by atoms with Crippen molar-refractivity contribution in [3.8, 4) is 0 Å². The van der Waals surface area contributed by atoms with Gasteiger partial charge >= 0.3 is 0 Å². The largest absolute Gasteiger partial charge is 0.386 e. The van der Waals surface area contributed by atoms with Crippen LogP contribution in [0.3, 0.4) is 0 Å². The molecule has 3 nitrogen and oxygen atoms in total. The molecule has 0 bridgehead atoms. The van der Waals surface area contributed by atoms with Crippen molar-refractivity contribution < 1.29 is 9.50 Å². The molecule has 0 aliphatic rings. The van der Waals surface area contributed by atoms with Crippen LogP contribution >= 0.6 is 0 Å². The number of hydrogen-bond acceptors (Lipinski definition) is 2. The molecule has 2 rings (SSSR count). The maximum atomic E-state index is 13.6. The van der Waals surface area contributed by atoms with Crippen molar-refractivity contribution in [2.45, 2.75) is 39.3 Å². The molecule has 0 saturated heterocycles. The lowest BCUT2D eigenvalue weighted by Gasteiger charge is -2.13. The smallest absolute Gasteiger partial charge is 0.129 e. The van der Waals surface area contributed by atoms with Gasteiger partial charge in [0.2, 0.25) is 0 Å². The van der Waals surface area contributed by atoms with Crippen molar-refractivity contribution in [3.05, 3.63) is 53.1 Å². The molecule has 4 heteroatoms. The number of benzene rings is 1. The van der Waals surface area contributed by atoms with E-state index < -0.39 is 6.10 Å². The first kappa shape index (κ1) is 13.7. The van der Waals surface area contributed by atoms with E-state index >= 15 is 0 Å². The second kappa shape index (κ2) is 5.97. The lowest BCUT2D eigenvalue weighted by Crippen LogP contribution is -2.13. The third kappa shape index (κ3) is 3.01. The van der Waals surface area contributed by atoms with E-state index in [1.54, 1.807) is 22.9 Å². The Kier molecular flexibility index (Phi) is 4.32. The average molecular weight is 262 g/mol. The number of nitrogens with zero attached hydrogens (tertiary/aromatic N) is 2. The Balaban J connectivity index is 2.21. The molecule has 1 N–H and O–H groups in total. The van der Waals surface area contributed by atoms with Gasteiger partial charge in [-0.2, -0.15) is 5.10 Å². The van der Waals surface area contributed by atoms with Crippen LogP contribution < -0.4 is 0 Å². The van der Waals surface area contributed by atoms with E-state index in [0.717, 1.165) is 24.2 Å². The molecular weight excluding hydrogens is 243 g/mol. The molecule has 1 aromatic carbocycles. The zero-order valence-corrected chi connectivity index (χ0v) is 11.3. The molecule has 0 amide bonds. The van der Waals surface area contributed by atoms with E-state index in [9.17, 15) is 9.50 Å². The molecule has 0 fully saturated rings.